The van der Waals surface area contributed by atoms with Crippen LogP contribution in [0, 0.1) is 6.92 Å². The van der Waals surface area contributed by atoms with E-state index in [1.54, 1.807) is 19.3 Å². The van der Waals surface area contributed by atoms with Crippen LogP contribution in [0.5, 0.6) is 0 Å². The molecule has 1 N–H and O–H groups in total. The zero-order chi connectivity index (χ0) is 8.27. The first-order valence-electron chi connectivity index (χ1n) is 3.64. The van der Waals surface area contributed by atoms with Gasteiger partial charge in [-0.2, -0.15) is 0 Å². The summed E-state index contributed by atoms with van der Waals surface area (Å²) in [5.74, 6) is 0.700. The molecule has 0 amide bonds. The van der Waals surface area contributed by atoms with Crippen LogP contribution in [0.25, 0.3) is 0 Å². The molecule has 60 valence electrons. The molecule has 0 aliphatic rings. The Kier molecular flexibility index (Phi) is 2.54. The van der Waals surface area contributed by atoms with Crippen LogP contribution in [0.15, 0.2) is 12.4 Å². The predicted molar refractivity (Wildman–Crippen MR) is 42.2 cm³/mol. The SMILES string of the molecule is Cc1cnc(CC(C)O)nc1. The van der Waals surface area contributed by atoms with Crippen LogP contribution >= 0.6 is 0 Å². The van der Waals surface area contributed by atoms with Crippen molar-refractivity contribution in [2.75, 3.05) is 0 Å². The third-order valence-electron chi connectivity index (χ3n) is 1.31. The van der Waals surface area contributed by atoms with Crippen LogP contribution in [-0.4, -0.2) is 21.2 Å². The number of aliphatic hydroxyl groups excluding tert-OH is 1. The highest BCUT2D eigenvalue weighted by Crippen LogP contribution is 1.96. The summed E-state index contributed by atoms with van der Waals surface area (Å²) in [5.41, 5.74) is 1.04. The van der Waals surface area contributed by atoms with Gasteiger partial charge in [0.05, 0.1) is 6.10 Å². The minimum absolute atomic E-state index is 0.363. The maximum Gasteiger partial charge on any atom is 0.130 e. The van der Waals surface area contributed by atoms with Gasteiger partial charge in [-0.25, -0.2) is 9.97 Å². The largest absolute Gasteiger partial charge is 0.393 e. The summed E-state index contributed by atoms with van der Waals surface area (Å²) >= 11 is 0. The minimum Gasteiger partial charge on any atom is -0.393 e. The van der Waals surface area contributed by atoms with Crippen LogP contribution in [0.2, 0.25) is 0 Å². The van der Waals surface area contributed by atoms with Gasteiger partial charge in [-0.15, -0.1) is 0 Å². The number of nitrogens with zero attached hydrogens (tertiary/aromatic N) is 2. The van der Waals surface area contributed by atoms with Gasteiger partial charge in [0.25, 0.3) is 0 Å². The van der Waals surface area contributed by atoms with E-state index in [9.17, 15) is 0 Å². The molecule has 0 aliphatic carbocycles. The number of aryl methyl sites for hydroxylation is 1. The molecule has 3 nitrogen and oxygen atoms in total. The van der Waals surface area contributed by atoms with Gasteiger partial charge in [-0.1, -0.05) is 0 Å². The fraction of sp³-hybridized carbons (Fsp3) is 0.500. The van der Waals surface area contributed by atoms with Gasteiger partial charge in [0.15, 0.2) is 0 Å². The number of hydrogen-bond acceptors (Lipinski definition) is 3. The van der Waals surface area contributed by atoms with E-state index in [4.69, 9.17) is 5.11 Å². The molecule has 11 heavy (non-hydrogen) atoms. The summed E-state index contributed by atoms with van der Waals surface area (Å²) in [4.78, 5) is 8.09. The van der Waals surface area contributed by atoms with Crippen molar-refractivity contribution in [3.05, 3.63) is 23.8 Å². The van der Waals surface area contributed by atoms with E-state index in [1.807, 2.05) is 6.92 Å². The molecule has 0 fully saturated rings. The van der Waals surface area contributed by atoms with Crippen molar-refractivity contribution in [3.63, 3.8) is 0 Å². The molecular weight excluding hydrogens is 140 g/mol. The highest BCUT2D eigenvalue weighted by Gasteiger charge is 1.99. The molecule has 1 heterocycles. The Morgan fingerprint density at radius 3 is 2.45 bits per heavy atom. The van der Waals surface area contributed by atoms with Crippen LogP contribution in [0.4, 0.5) is 0 Å². The molecule has 1 aromatic rings. The monoisotopic (exact) mass is 152 g/mol. The van der Waals surface area contributed by atoms with Gasteiger partial charge in [0.2, 0.25) is 0 Å². The summed E-state index contributed by atoms with van der Waals surface area (Å²) in [5, 5.41) is 9.00. The lowest BCUT2D eigenvalue weighted by Crippen LogP contribution is -2.07. The fourth-order valence-electron chi connectivity index (χ4n) is 0.789. The fourth-order valence-corrected chi connectivity index (χ4v) is 0.789. The van der Waals surface area contributed by atoms with Gasteiger partial charge in [-0.05, 0) is 19.4 Å². The van der Waals surface area contributed by atoms with E-state index < -0.39 is 0 Å². The first kappa shape index (κ1) is 8.14. The first-order chi connectivity index (χ1) is 5.18. The summed E-state index contributed by atoms with van der Waals surface area (Å²) in [6.07, 6.45) is 3.67. The van der Waals surface area contributed by atoms with Crippen molar-refractivity contribution in [2.45, 2.75) is 26.4 Å². The van der Waals surface area contributed by atoms with E-state index >= 15 is 0 Å². The molecule has 3 heteroatoms. The van der Waals surface area contributed by atoms with Crippen LogP contribution < -0.4 is 0 Å². The van der Waals surface area contributed by atoms with Crippen molar-refractivity contribution in [1.29, 1.82) is 0 Å². The lowest BCUT2D eigenvalue weighted by atomic mass is 10.2. The molecule has 1 aromatic heterocycles. The molecule has 0 saturated heterocycles. The Bertz CT molecular complexity index is 218. The third kappa shape index (κ3) is 2.63. The average Bonchev–Trinajstić information content (AvgIpc) is 1.93. The van der Waals surface area contributed by atoms with E-state index in [-0.39, 0.29) is 6.10 Å². The second kappa shape index (κ2) is 3.44. The zero-order valence-electron chi connectivity index (χ0n) is 6.78. The molecule has 0 aliphatic heterocycles. The van der Waals surface area contributed by atoms with Gasteiger partial charge >= 0.3 is 0 Å². The molecule has 1 unspecified atom stereocenters. The topological polar surface area (TPSA) is 46.0 Å². The highest BCUT2D eigenvalue weighted by molar-refractivity contribution is 5.02. The molecule has 0 spiro atoms. The first-order valence-corrected chi connectivity index (χ1v) is 3.64. The standard InChI is InChI=1S/C8H12N2O/c1-6-4-9-8(10-5-6)3-7(2)11/h4-5,7,11H,3H2,1-2H3. The average molecular weight is 152 g/mol. The molecule has 0 bridgehead atoms. The van der Waals surface area contributed by atoms with E-state index in [2.05, 4.69) is 9.97 Å². The minimum atomic E-state index is -0.363. The Hall–Kier alpha value is -0.960. The van der Waals surface area contributed by atoms with Crippen molar-refractivity contribution >= 4 is 0 Å². The molecule has 0 radical (unpaired) electrons. The van der Waals surface area contributed by atoms with E-state index in [1.165, 1.54) is 0 Å². The Labute approximate surface area is 66.1 Å². The molecule has 0 aromatic carbocycles. The summed E-state index contributed by atoms with van der Waals surface area (Å²) in [6, 6.07) is 0. The maximum absolute atomic E-state index is 9.00. The summed E-state index contributed by atoms with van der Waals surface area (Å²) in [6.45, 7) is 3.66. The normalized spacial score (nSPS) is 13.0. The van der Waals surface area contributed by atoms with E-state index in [0.717, 1.165) is 5.56 Å². The van der Waals surface area contributed by atoms with Gasteiger partial charge in [0, 0.05) is 18.8 Å². The van der Waals surface area contributed by atoms with Crippen molar-refractivity contribution in [1.82, 2.24) is 9.97 Å². The number of rotatable bonds is 2. The molecular formula is C8H12N2O. The quantitative estimate of drug-likeness (QED) is 0.678. The smallest absolute Gasteiger partial charge is 0.130 e. The molecule has 1 atom stereocenters. The second-order valence-corrected chi connectivity index (χ2v) is 2.73. The highest BCUT2D eigenvalue weighted by atomic mass is 16.3. The second-order valence-electron chi connectivity index (χ2n) is 2.73. The Morgan fingerprint density at radius 1 is 1.45 bits per heavy atom. The van der Waals surface area contributed by atoms with Crippen molar-refractivity contribution in [2.24, 2.45) is 0 Å². The zero-order valence-corrected chi connectivity index (χ0v) is 6.78. The maximum atomic E-state index is 9.00. The third-order valence-corrected chi connectivity index (χ3v) is 1.31. The van der Waals surface area contributed by atoms with Crippen LogP contribution in [-0.2, 0) is 6.42 Å². The van der Waals surface area contributed by atoms with Gasteiger partial charge in [-0.3, -0.25) is 0 Å². The Balaban J connectivity index is 2.66. The van der Waals surface area contributed by atoms with Gasteiger partial charge in [0.1, 0.15) is 5.82 Å². The van der Waals surface area contributed by atoms with E-state index in [0.29, 0.717) is 12.2 Å². The van der Waals surface area contributed by atoms with Crippen LogP contribution in [0.3, 0.4) is 0 Å². The summed E-state index contributed by atoms with van der Waals surface area (Å²) < 4.78 is 0. The lowest BCUT2D eigenvalue weighted by molar-refractivity contribution is 0.193. The lowest BCUT2D eigenvalue weighted by Gasteiger charge is -2.01. The summed E-state index contributed by atoms with van der Waals surface area (Å²) in [7, 11) is 0. The molecule has 0 saturated carbocycles. The number of aromatic nitrogens is 2. The molecule has 1 rings (SSSR count). The Morgan fingerprint density at radius 2 is 2.00 bits per heavy atom. The van der Waals surface area contributed by atoms with Crippen LogP contribution in [0.1, 0.15) is 18.3 Å². The van der Waals surface area contributed by atoms with Crippen molar-refractivity contribution < 1.29 is 5.11 Å². The van der Waals surface area contributed by atoms with Gasteiger partial charge < -0.3 is 5.11 Å². The predicted octanol–water partition coefficient (Wildman–Crippen LogP) is 0.708. The number of hydrogen-bond donors (Lipinski definition) is 1. The number of aliphatic hydroxyl groups is 1. The van der Waals surface area contributed by atoms with Crippen molar-refractivity contribution in [3.8, 4) is 0 Å².